The van der Waals surface area contributed by atoms with E-state index in [0.717, 1.165) is 6.42 Å². The van der Waals surface area contributed by atoms with Crippen molar-refractivity contribution in [2.75, 3.05) is 14.2 Å². The molecule has 0 spiro atoms. The molecule has 0 saturated carbocycles. The molecule has 25 heavy (non-hydrogen) atoms. The predicted octanol–water partition coefficient (Wildman–Crippen LogP) is 6.78. The highest BCUT2D eigenvalue weighted by atomic mass is 16.7. The average Bonchev–Trinajstić information content (AvgIpc) is 2.66. The maximum Gasteiger partial charge on any atom is 0.174 e. The summed E-state index contributed by atoms with van der Waals surface area (Å²) in [5, 5.41) is 0. The van der Waals surface area contributed by atoms with Crippen molar-refractivity contribution in [1.82, 2.24) is 0 Å². The van der Waals surface area contributed by atoms with Gasteiger partial charge in [-0.3, -0.25) is 0 Å². The zero-order valence-electron chi connectivity index (χ0n) is 17.1. The highest BCUT2D eigenvalue weighted by molar-refractivity contribution is 5.16. The molecule has 1 unspecified atom stereocenters. The Labute approximate surface area is 156 Å². The molecule has 0 aliphatic heterocycles. The molecule has 0 aliphatic rings. The lowest BCUT2D eigenvalue weighted by atomic mass is 9.84. The van der Waals surface area contributed by atoms with Gasteiger partial charge in [0, 0.05) is 26.6 Å². The Kier molecular flexibility index (Phi) is 11.9. The molecular weight excluding hydrogens is 308 g/mol. The van der Waals surface area contributed by atoms with Gasteiger partial charge in [-0.15, -0.1) is 0 Å². The summed E-state index contributed by atoms with van der Waals surface area (Å²) in [7, 11) is 3.62. The average molecular weight is 349 g/mol. The molecule has 0 fully saturated rings. The lowest BCUT2D eigenvalue weighted by Gasteiger charge is -2.39. The third kappa shape index (κ3) is 7.92. The number of rotatable bonds is 15. The Bertz CT molecular complexity index is 411. The van der Waals surface area contributed by atoms with Crippen molar-refractivity contribution in [3.8, 4) is 0 Å². The molecular formula is C23H40O2. The lowest BCUT2D eigenvalue weighted by molar-refractivity contribution is -0.242. The minimum Gasteiger partial charge on any atom is -0.353 e. The van der Waals surface area contributed by atoms with Gasteiger partial charge in [0.25, 0.3) is 0 Å². The number of hydrogen-bond donors (Lipinski definition) is 0. The minimum absolute atomic E-state index is 0.453. The van der Waals surface area contributed by atoms with Crippen LogP contribution in [0.4, 0.5) is 0 Å². The molecule has 2 nitrogen and oxygen atoms in total. The summed E-state index contributed by atoms with van der Waals surface area (Å²) in [6, 6.07) is 10.6. The first-order chi connectivity index (χ1) is 12.2. The van der Waals surface area contributed by atoms with Crippen molar-refractivity contribution < 1.29 is 9.47 Å². The van der Waals surface area contributed by atoms with E-state index in [-0.39, 0.29) is 0 Å². The molecule has 0 radical (unpaired) electrons. The summed E-state index contributed by atoms with van der Waals surface area (Å²) in [4.78, 5) is 0. The normalized spacial score (nSPS) is 13.1. The van der Waals surface area contributed by atoms with Crippen LogP contribution >= 0.6 is 0 Å². The standard InChI is InChI=1S/C23H40O2/c1-5-7-9-10-11-15-19-22(18-8-6-2)23(24-3,25-4)20-21-16-13-12-14-17-21/h12-14,16-17,22H,5-11,15,18-20H2,1-4H3. The van der Waals surface area contributed by atoms with Gasteiger partial charge < -0.3 is 9.47 Å². The molecule has 1 aromatic carbocycles. The first kappa shape index (κ1) is 22.2. The highest BCUT2D eigenvalue weighted by Gasteiger charge is 2.38. The van der Waals surface area contributed by atoms with Crippen LogP contribution in [-0.4, -0.2) is 20.0 Å². The molecule has 1 aromatic rings. The van der Waals surface area contributed by atoms with Gasteiger partial charge in [0.15, 0.2) is 5.79 Å². The summed E-state index contributed by atoms with van der Waals surface area (Å²) in [6.45, 7) is 4.54. The minimum atomic E-state index is -0.500. The van der Waals surface area contributed by atoms with Crippen LogP contribution in [0.1, 0.15) is 83.6 Å². The Morgan fingerprint density at radius 1 is 0.760 bits per heavy atom. The molecule has 1 rings (SSSR count). The Morgan fingerprint density at radius 2 is 1.32 bits per heavy atom. The van der Waals surface area contributed by atoms with Gasteiger partial charge in [-0.25, -0.2) is 0 Å². The summed E-state index contributed by atoms with van der Waals surface area (Å²) in [5.74, 6) is -0.0474. The Hall–Kier alpha value is -0.860. The topological polar surface area (TPSA) is 18.5 Å². The van der Waals surface area contributed by atoms with E-state index in [1.807, 2.05) is 14.2 Å². The van der Waals surface area contributed by atoms with E-state index in [1.54, 1.807) is 0 Å². The van der Waals surface area contributed by atoms with Crippen LogP contribution in [0.25, 0.3) is 0 Å². The van der Waals surface area contributed by atoms with Crippen LogP contribution in [0.5, 0.6) is 0 Å². The van der Waals surface area contributed by atoms with Gasteiger partial charge in [0.1, 0.15) is 0 Å². The van der Waals surface area contributed by atoms with Crippen molar-refractivity contribution in [1.29, 1.82) is 0 Å². The first-order valence-electron chi connectivity index (χ1n) is 10.4. The van der Waals surface area contributed by atoms with Crippen LogP contribution in [0.3, 0.4) is 0 Å². The Balaban J connectivity index is 2.71. The molecule has 0 aliphatic carbocycles. The fraction of sp³-hybridized carbons (Fsp3) is 0.739. The van der Waals surface area contributed by atoms with Crippen molar-refractivity contribution in [3.63, 3.8) is 0 Å². The number of hydrogen-bond acceptors (Lipinski definition) is 2. The molecule has 0 aromatic heterocycles. The second-order valence-corrected chi connectivity index (χ2v) is 7.28. The molecule has 0 amide bonds. The molecule has 1 atom stereocenters. The van der Waals surface area contributed by atoms with Crippen molar-refractivity contribution in [3.05, 3.63) is 35.9 Å². The maximum absolute atomic E-state index is 6.02. The quantitative estimate of drug-likeness (QED) is 0.257. The number of methoxy groups -OCH3 is 2. The van der Waals surface area contributed by atoms with E-state index in [4.69, 9.17) is 9.47 Å². The molecule has 2 heteroatoms. The van der Waals surface area contributed by atoms with Crippen LogP contribution in [-0.2, 0) is 15.9 Å². The number of unbranched alkanes of at least 4 members (excludes halogenated alkanes) is 6. The van der Waals surface area contributed by atoms with Crippen LogP contribution in [0, 0.1) is 5.92 Å². The first-order valence-corrected chi connectivity index (χ1v) is 10.4. The third-order valence-electron chi connectivity index (χ3n) is 5.42. The van der Waals surface area contributed by atoms with E-state index in [0.29, 0.717) is 5.92 Å². The molecule has 0 saturated heterocycles. The van der Waals surface area contributed by atoms with Gasteiger partial charge in [-0.2, -0.15) is 0 Å². The van der Waals surface area contributed by atoms with Crippen LogP contribution in [0.2, 0.25) is 0 Å². The zero-order valence-corrected chi connectivity index (χ0v) is 17.1. The fourth-order valence-electron chi connectivity index (χ4n) is 3.79. The summed E-state index contributed by atoms with van der Waals surface area (Å²) in [5.41, 5.74) is 1.29. The van der Waals surface area contributed by atoms with Crippen molar-refractivity contribution in [2.45, 2.75) is 90.3 Å². The fourth-order valence-corrected chi connectivity index (χ4v) is 3.79. The second-order valence-electron chi connectivity index (χ2n) is 7.28. The highest BCUT2D eigenvalue weighted by Crippen LogP contribution is 2.35. The zero-order chi connectivity index (χ0) is 18.4. The SMILES string of the molecule is CCCCCCCCC(CCCC)C(Cc1ccccc1)(OC)OC. The molecule has 0 N–H and O–H groups in total. The van der Waals surface area contributed by atoms with E-state index in [1.165, 1.54) is 69.8 Å². The predicted molar refractivity (Wildman–Crippen MR) is 108 cm³/mol. The van der Waals surface area contributed by atoms with Gasteiger partial charge in [-0.1, -0.05) is 95.5 Å². The largest absolute Gasteiger partial charge is 0.353 e. The second kappa shape index (κ2) is 13.4. The summed E-state index contributed by atoms with van der Waals surface area (Å²) >= 11 is 0. The van der Waals surface area contributed by atoms with Gasteiger partial charge >= 0.3 is 0 Å². The van der Waals surface area contributed by atoms with E-state index in [9.17, 15) is 0 Å². The van der Waals surface area contributed by atoms with Crippen molar-refractivity contribution >= 4 is 0 Å². The lowest BCUT2D eigenvalue weighted by Crippen LogP contribution is -2.44. The van der Waals surface area contributed by atoms with Crippen LogP contribution in [0.15, 0.2) is 30.3 Å². The smallest absolute Gasteiger partial charge is 0.174 e. The summed E-state index contributed by atoms with van der Waals surface area (Å²) in [6.07, 6.45) is 13.7. The van der Waals surface area contributed by atoms with E-state index in [2.05, 4.69) is 44.2 Å². The van der Waals surface area contributed by atoms with Gasteiger partial charge in [-0.05, 0) is 18.4 Å². The monoisotopic (exact) mass is 348 g/mol. The molecule has 144 valence electrons. The van der Waals surface area contributed by atoms with Crippen LogP contribution < -0.4 is 0 Å². The number of ether oxygens (including phenoxy) is 2. The van der Waals surface area contributed by atoms with E-state index < -0.39 is 5.79 Å². The van der Waals surface area contributed by atoms with Gasteiger partial charge in [0.2, 0.25) is 0 Å². The van der Waals surface area contributed by atoms with E-state index >= 15 is 0 Å². The molecule has 0 heterocycles. The molecule has 0 bridgehead atoms. The maximum atomic E-state index is 6.02. The summed E-state index contributed by atoms with van der Waals surface area (Å²) < 4.78 is 12.0. The number of benzene rings is 1. The Morgan fingerprint density at radius 3 is 1.92 bits per heavy atom. The van der Waals surface area contributed by atoms with Gasteiger partial charge in [0.05, 0.1) is 0 Å². The van der Waals surface area contributed by atoms with Crippen molar-refractivity contribution in [2.24, 2.45) is 5.92 Å². The third-order valence-corrected chi connectivity index (χ3v) is 5.42.